The zero-order chi connectivity index (χ0) is 15.7. The number of carboxylic acids is 1. The van der Waals surface area contributed by atoms with Crippen LogP contribution >= 0.6 is 0 Å². The van der Waals surface area contributed by atoms with Crippen LogP contribution in [0, 0.1) is 0 Å². The van der Waals surface area contributed by atoms with Crippen molar-refractivity contribution in [2.75, 3.05) is 26.3 Å². The Hall–Kier alpha value is -1.96. The molecule has 0 amide bonds. The van der Waals surface area contributed by atoms with Crippen LogP contribution < -0.4 is 0 Å². The molecule has 0 saturated carbocycles. The number of fused-ring (bicyclic) bond motifs is 1. The van der Waals surface area contributed by atoms with Crippen molar-refractivity contribution in [3.05, 3.63) is 35.9 Å². The van der Waals surface area contributed by atoms with Gasteiger partial charge in [0.1, 0.15) is 22.3 Å². The highest BCUT2D eigenvalue weighted by Gasteiger charge is 2.21. The highest BCUT2D eigenvalue weighted by molar-refractivity contribution is 7.83. The molecule has 1 fully saturated rings. The maximum atomic E-state index is 12.7. The van der Waals surface area contributed by atoms with E-state index < -0.39 is 17.0 Å². The number of morpholine rings is 1. The molecule has 0 aromatic heterocycles. The van der Waals surface area contributed by atoms with Crippen molar-refractivity contribution >= 4 is 27.7 Å². The van der Waals surface area contributed by atoms with Crippen LogP contribution in [-0.2, 0) is 15.7 Å². The van der Waals surface area contributed by atoms with E-state index in [-0.39, 0.29) is 11.3 Å². The summed E-state index contributed by atoms with van der Waals surface area (Å²) in [7, 11) is -1.38. The monoisotopic (exact) mass is 321 g/mol. The van der Waals surface area contributed by atoms with Crippen molar-refractivity contribution in [3.63, 3.8) is 0 Å². The van der Waals surface area contributed by atoms with Gasteiger partial charge in [-0.2, -0.15) is 0 Å². The van der Waals surface area contributed by atoms with Gasteiger partial charge in [0.05, 0.1) is 18.1 Å². The minimum absolute atomic E-state index is 0.165. The van der Waals surface area contributed by atoms with Crippen LogP contribution in [0.1, 0.15) is 10.4 Å². The molecule has 0 bridgehead atoms. The molecule has 2 aromatic carbocycles. The van der Waals surface area contributed by atoms with Gasteiger partial charge in [-0.25, -0.2) is 13.3 Å². The molecule has 3 rings (SSSR count). The molecule has 1 saturated heterocycles. The second kappa shape index (κ2) is 6.04. The van der Waals surface area contributed by atoms with Gasteiger partial charge in [0, 0.05) is 18.5 Å². The second-order valence-electron chi connectivity index (χ2n) is 4.94. The first-order chi connectivity index (χ1) is 10.6. The fraction of sp³-hybridized carbons (Fsp3) is 0.267. The van der Waals surface area contributed by atoms with Gasteiger partial charge in [-0.1, -0.05) is 12.1 Å². The van der Waals surface area contributed by atoms with Crippen LogP contribution in [0.5, 0.6) is 5.75 Å². The van der Waals surface area contributed by atoms with E-state index in [0.717, 1.165) is 0 Å². The number of nitrogens with zero attached hydrogens (tertiary/aromatic N) is 1. The third-order valence-corrected chi connectivity index (χ3v) is 5.15. The summed E-state index contributed by atoms with van der Waals surface area (Å²) in [4.78, 5) is 11.7. The van der Waals surface area contributed by atoms with Gasteiger partial charge < -0.3 is 14.9 Å². The van der Waals surface area contributed by atoms with Crippen LogP contribution in [0.15, 0.2) is 35.2 Å². The summed E-state index contributed by atoms with van der Waals surface area (Å²) < 4.78 is 19.8. The van der Waals surface area contributed by atoms with Gasteiger partial charge in [-0.3, -0.25) is 0 Å². The predicted octanol–water partition coefficient (Wildman–Crippen LogP) is 1.60. The Morgan fingerprint density at radius 2 is 1.95 bits per heavy atom. The van der Waals surface area contributed by atoms with Crippen LogP contribution in [0.2, 0.25) is 0 Å². The van der Waals surface area contributed by atoms with Crippen molar-refractivity contribution in [1.82, 2.24) is 4.31 Å². The molecule has 7 heteroatoms. The summed E-state index contributed by atoms with van der Waals surface area (Å²) in [6.45, 7) is 2.21. The van der Waals surface area contributed by atoms with Gasteiger partial charge in [-0.05, 0) is 23.6 Å². The summed E-state index contributed by atoms with van der Waals surface area (Å²) in [6.07, 6.45) is 0. The highest BCUT2D eigenvalue weighted by Crippen LogP contribution is 2.30. The van der Waals surface area contributed by atoms with Crippen molar-refractivity contribution in [2.45, 2.75) is 4.90 Å². The fourth-order valence-electron chi connectivity index (χ4n) is 2.46. The summed E-state index contributed by atoms with van der Waals surface area (Å²) in [5.41, 5.74) is -0.165. The SMILES string of the molecule is O=C(O)c1cc2cccc(S(=O)N3CCOCC3)c2cc1O. The average molecular weight is 321 g/mol. The Labute approximate surface area is 129 Å². The van der Waals surface area contributed by atoms with Gasteiger partial charge >= 0.3 is 5.97 Å². The normalized spacial score (nSPS) is 17.5. The lowest BCUT2D eigenvalue weighted by molar-refractivity contribution is 0.0694. The maximum absolute atomic E-state index is 12.7. The minimum atomic E-state index is -1.38. The number of aromatic carboxylic acids is 1. The molecule has 1 aliphatic rings. The van der Waals surface area contributed by atoms with E-state index in [4.69, 9.17) is 9.84 Å². The first-order valence-electron chi connectivity index (χ1n) is 6.81. The molecule has 6 nitrogen and oxygen atoms in total. The number of aromatic hydroxyl groups is 1. The Balaban J connectivity index is 2.08. The first-order valence-corrected chi connectivity index (χ1v) is 7.92. The van der Waals surface area contributed by atoms with E-state index in [1.165, 1.54) is 12.1 Å². The van der Waals surface area contributed by atoms with E-state index in [1.807, 2.05) is 0 Å². The Kier molecular flexibility index (Phi) is 4.10. The van der Waals surface area contributed by atoms with Crippen LogP contribution in [0.3, 0.4) is 0 Å². The largest absolute Gasteiger partial charge is 0.507 e. The lowest BCUT2D eigenvalue weighted by atomic mass is 10.1. The van der Waals surface area contributed by atoms with Gasteiger partial charge in [0.25, 0.3) is 0 Å². The molecule has 2 aromatic rings. The van der Waals surface area contributed by atoms with Crippen molar-refractivity contribution in [1.29, 1.82) is 0 Å². The van der Waals surface area contributed by atoms with Crippen LogP contribution in [0.25, 0.3) is 10.8 Å². The van der Waals surface area contributed by atoms with Crippen molar-refractivity contribution < 1.29 is 24.0 Å². The number of ether oxygens (including phenoxy) is 1. The predicted molar refractivity (Wildman–Crippen MR) is 81.4 cm³/mol. The van der Waals surface area contributed by atoms with Gasteiger partial charge in [-0.15, -0.1) is 0 Å². The zero-order valence-corrected chi connectivity index (χ0v) is 12.5. The molecule has 1 unspecified atom stereocenters. The molecule has 1 atom stereocenters. The second-order valence-corrected chi connectivity index (χ2v) is 6.40. The number of carboxylic acid groups (broad SMARTS) is 1. The van der Waals surface area contributed by atoms with Crippen LogP contribution in [-0.4, -0.2) is 51.0 Å². The molecule has 22 heavy (non-hydrogen) atoms. The molecule has 0 radical (unpaired) electrons. The number of phenols is 1. The van der Waals surface area contributed by atoms with Crippen molar-refractivity contribution in [3.8, 4) is 5.75 Å². The Morgan fingerprint density at radius 1 is 1.23 bits per heavy atom. The number of hydrogen-bond acceptors (Lipinski definition) is 4. The number of benzene rings is 2. The number of rotatable bonds is 3. The van der Waals surface area contributed by atoms with E-state index >= 15 is 0 Å². The minimum Gasteiger partial charge on any atom is -0.507 e. The van der Waals surface area contributed by atoms with E-state index in [0.29, 0.717) is 42.0 Å². The quantitative estimate of drug-likeness (QED) is 0.896. The third-order valence-electron chi connectivity index (χ3n) is 3.58. The highest BCUT2D eigenvalue weighted by atomic mass is 32.2. The third kappa shape index (κ3) is 2.70. The average Bonchev–Trinajstić information content (AvgIpc) is 2.53. The molecule has 1 heterocycles. The molecule has 116 valence electrons. The maximum Gasteiger partial charge on any atom is 0.339 e. The topological polar surface area (TPSA) is 87.1 Å². The van der Waals surface area contributed by atoms with Gasteiger partial charge in [0.2, 0.25) is 0 Å². The molecule has 2 N–H and O–H groups in total. The van der Waals surface area contributed by atoms with Gasteiger partial charge in [0.15, 0.2) is 0 Å². The Morgan fingerprint density at radius 3 is 2.64 bits per heavy atom. The van der Waals surface area contributed by atoms with E-state index in [2.05, 4.69) is 0 Å². The van der Waals surface area contributed by atoms with E-state index in [9.17, 15) is 14.1 Å². The summed E-state index contributed by atoms with van der Waals surface area (Å²) in [6, 6.07) is 7.97. The molecule has 0 aliphatic carbocycles. The molecule has 1 aliphatic heterocycles. The lowest BCUT2D eigenvalue weighted by Crippen LogP contribution is -2.37. The molecular formula is C15H15NO5S. The standard InChI is InChI=1S/C15H15NO5S/c17-13-9-11-10(8-12(13)15(18)19)2-1-3-14(11)22(20)16-4-6-21-7-5-16/h1-3,8-9,17H,4-7H2,(H,18,19). The fourth-order valence-corrected chi connectivity index (χ4v) is 3.78. The zero-order valence-electron chi connectivity index (χ0n) is 11.7. The summed E-state index contributed by atoms with van der Waals surface area (Å²) >= 11 is 0. The molecule has 0 spiro atoms. The van der Waals surface area contributed by atoms with E-state index in [1.54, 1.807) is 22.5 Å². The summed E-state index contributed by atoms with van der Waals surface area (Å²) in [5.74, 6) is -1.52. The lowest BCUT2D eigenvalue weighted by Gasteiger charge is -2.25. The summed E-state index contributed by atoms with van der Waals surface area (Å²) in [5, 5.41) is 20.2. The first kappa shape index (κ1) is 15.0. The molecular weight excluding hydrogens is 306 g/mol. The number of hydrogen-bond donors (Lipinski definition) is 2. The smallest absolute Gasteiger partial charge is 0.339 e. The van der Waals surface area contributed by atoms with Crippen LogP contribution in [0.4, 0.5) is 0 Å². The van der Waals surface area contributed by atoms with Crippen molar-refractivity contribution in [2.24, 2.45) is 0 Å². The Bertz CT molecular complexity index is 755. The number of carbonyl (C=O) groups is 1.